The van der Waals surface area contributed by atoms with E-state index in [1.165, 1.54) is 6.33 Å². The maximum Gasteiger partial charge on any atom is 0.164 e. The van der Waals surface area contributed by atoms with E-state index in [1.54, 1.807) is 0 Å². The lowest BCUT2D eigenvalue weighted by Crippen LogP contribution is -2.35. The van der Waals surface area contributed by atoms with E-state index < -0.39 is 11.4 Å². The molecule has 1 aliphatic carbocycles. The van der Waals surface area contributed by atoms with E-state index in [0.717, 1.165) is 36.9 Å². The summed E-state index contributed by atoms with van der Waals surface area (Å²) < 4.78 is 23.3. The zero-order valence-electron chi connectivity index (χ0n) is 23.2. The Morgan fingerprint density at radius 3 is 2.02 bits per heavy atom. The first-order chi connectivity index (χ1) is 20.4. The van der Waals surface area contributed by atoms with E-state index >= 15 is 0 Å². The van der Waals surface area contributed by atoms with Crippen molar-refractivity contribution in [3.63, 3.8) is 0 Å². The second-order valence-electron chi connectivity index (χ2n) is 11.1. The normalized spacial score (nSPS) is 21.4. The van der Waals surface area contributed by atoms with Crippen LogP contribution in [0.2, 0.25) is 5.15 Å². The standard InChI is InChI=1S/C34H29ClIN3O3/c1-33(2)41-29-22(18-27(30(29)42-33)39-19-26(36)28-31(35)37-21-38-32(28)39)20-40-34(23-12-6-3-7-13-23,24-14-8-4-9-15-24)25-16-10-5-11-17-25/h3-19,21,27,29-30H,20H2,1-2H3/t27-,29+,30?/m1/s1. The topological polar surface area (TPSA) is 58.4 Å². The number of nitrogens with zero attached hydrogens (tertiary/aromatic N) is 3. The first kappa shape index (κ1) is 27.7. The predicted octanol–water partition coefficient (Wildman–Crippen LogP) is 7.70. The Bertz CT molecular complexity index is 1660. The molecule has 1 saturated heterocycles. The quantitative estimate of drug-likeness (QED) is 0.0759. The van der Waals surface area contributed by atoms with Crippen LogP contribution in [0.4, 0.5) is 0 Å². The van der Waals surface area contributed by atoms with Gasteiger partial charge in [-0.05, 0) is 58.7 Å². The van der Waals surface area contributed by atoms with Crippen LogP contribution in [0.1, 0.15) is 36.6 Å². The minimum atomic E-state index is -0.844. The van der Waals surface area contributed by atoms with Crippen LogP contribution in [0.5, 0.6) is 0 Å². The van der Waals surface area contributed by atoms with Crippen molar-refractivity contribution in [3.8, 4) is 0 Å². The largest absolute Gasteiger partial charge is 0.356 e. The summed E-state index contributed by atoms with van der Waals surface area (Å²) >= 11 is 8.77. The SMILES string of the molecule is CC1(C)OC2[C@H](n3cc(I)c4c(Cl)ncnc43)C=C(COC(c3ccccc3)(c3ccccc3)c3ccccc3)[C@@H]2O1. The van der Waals surface area contributed by atoms with Crippen LogP contribution in [0.3, 0.4) is 0 Å². The molecule has 0 saturated carbocycles. The van der Waals surface area contributed by atoms with Crippen molar-refractivity contribution in [2.45, 2.75) is 43.5 Å². The van der Waals surface area contributed by atoms with Gasteiger partial charge in [0.2, 0.25) is 0 Å². The summed E-state index contributed by atoms with van der Waals surface area (Å²) in [5.41, 5.74) is 4.10. The summed E-state index contributed by atoms with van der Waals surface area (Å²) in [4.78, 5) is 8.79. The van der Waals surface area contributed by atoms with E-state index in [-0.39, 0.29) is 18.2 Å². The van der Waals surface area contributed by atoms with Crippen molar-refractivity contribution < 1.29 is 14.2 Å². The second kappa shape index (κ2) is 10.9. The van der Waals surface area contributed by atoms with Gasteiger partial charge < -0.3 is 18.8 Å². The number of hydrogen-bond donors (Lipinski definition) is 0. The van der Waals surface area contributed by atoms with E-state index in [4.69, 9.17) is 25.8 Å². The Morgan fingerprint density at radius 1 is 0.881 bits per heavy atom. The highest BCUT2D eigenvalue weighted by Crippen LogP contribution is 2.47. The lowest BCUT2D eigenvalue weighted by molar-refractivity contribution is -0.148. The Balaban J connectivity index is 1.34. The predicted molar refractivity (Wildman–Crippen MR) is 171 cm³/mol. The zero-order valence-corrected chi connectivity index (χ0v) is 26.1. The van der Waals surface area contributed by atoms with Gasteiger partial charge in [-0.25, -0.2) is 9.97 Å². The van der Waals surface area contributed by atoms with Crippen LogP contribution in [0.15, 0.2) is 115 Å². The van der Waals surface area contributed by atoms with Crippen LogP contribution in [-0.4, -0.2) is 39.1 Å². The summed E-state index contributed by atoms with van der Waals surface area (Å²) in [6.07, 6.45) is 5.24. The number of fused-ring (bicyclic) bond motifs is 2. The lowest BCUT2D eigenvalue weighted by atomic mass is 9.80. The summed E-state index contributed by atoms with van der Waals surface area (Å²) in [6.45, 7) is 4.25. The average molecular weight is 690 g/mol. The van der Waals surface area contributed by atoms with Gasteiger partial charge in [0.25, 0.3) is 0 Å². The van der Waals surface area contributed by atoms with Crippen molar-refractivity contribution in [1.82, 2.24) is 14.5 Å². The lowest BCUT2D eigenvalue weighted by Gasteiger charge is -2.36. The van der Waals surface area contributed by atoms with Crippen molar-refractivity contribution in [1.29, 1.82) is 0 Å². The molecular formula is C34H29ClIN3O3. The van der Waals surface area contributed by atoms with Crippen molar-refractivity contribution >= 4 is 45.2 Å². The molecule has 0 amide bonds. The molecule has 3 aromatic carbocycles. The van der Waals surface area contributed by atoms with Crippen molar-refractivity contribution in [3.05, 3.63) is 141 Å². The zero-order chi connectivity index (χ0) is 28.9. The minimum absolute atomic E-state index is 0.160. The molecule has 2 aromatic heterocycles. The molecule has 2 aliphatic rings. The van der Waals surface area contributed by atoms with E-state index in [1.807, 2.05) is 32.0 Å². The summed E-state index contributed by atoms with van der Waals surface area (Å²) in [5.74, 6) is -0.745. The van der Waals surface area contributed by atoms with Gasteiger partial charge in [0.1, 0.15) is 34.9 Å². The molecule has 212 valence electrons. The molecule has 0 spiro atoms. The molecule has 3 heterocycles. The number of halogens is 2. The highest BCUT2D eigenvalue weighted by atomic mass is 127. The van der Waals surface area contributed by atoms with Gasteiger partial charge in [-0.15, -0.1) is 0 Å². The third-order valence-corrected chi connectivity index (χ3v) is 9.15. The molecule has 7 rings (SSSR count). The van der Waals surface area contributed by atoms with Crippen LogP contribution >= 0.6 is 34.2 Å². The summed E-state index contributed by atoms with van der Waals surface area (Å²) in [7, 11) is 0. The Kier molecular flexibility index (Phi) is 7.19. The Hall–Kier alpha value is -3.08. The number of benzene rings is 3. The molecule has 5 aromatic rings. The number of hydrogen-bond acceptors (Lipinski definition) is 5. The van der Waals surface area contributed by atoms with Crippen molar-refractivity contribution in [2.24, 2.45) is 0 Å². The van der Waals surface area contributed by atoms with Gasteiger partial charge in [-0.1, -0.05) is 109 Å². The van der Waals surface area contributed by atoms with Gasteiger partial charge in [-0.2, -0.15) is 0 Å². The van der Waals surface area contributed by atoms with Gasteiger partial charge >= 0.3 is 0 Å². The maximum absolute atomic E-state index is 7.18. The van der Waals surface area contributed by atoms with Gasteiger partial charge in [0, 0.05) is 9.77 Å². The molecule has 0 N–H and O–H groups in total. The molecule has 3 atom stereocenters. The fourth-order valence-corrected chi connectivity index (χ4v) is 7.48. The first-order valence-electron chi connectivity index (χ1n) is 13.9. The minimum Gasteiger partial charge on any atom is -0.356 e. The second-order valence-corrected chi connectivity index (χ2v) is 12.6. The van der Waals surface area contributed by atoms with Crippen LogP contribution in [0.25, 0.3) is 11.0 Å². The molecular weight excluding hydrogens is 661 g/mol. The third kappa shape index (κ3) is 4.68. The van der Waals surface area contributed by atoms with Gasteiger partial charge in [0.05, 0.1) is 18.0 Å². The van der Waals surface area contributed by atoms with Gasteiger partial charge in [0.15, 0.2) is 5.79 Å². The van der Waals surface area contributed by atoms with Crippen LogP contribution in [0, 0.1) is 3.57 Å². The van der Waals surface area contributed by atoms with Crippen LogP contribution in [-0.2, 0) is 19.8 Å². The highest BCUT2D eigenvalue weighted by Gasteiger charge is 2.51. The monoisotopic (exact) mass is 689 g/mol. The molecule has 1 fully saturated rings. The first-order valence-corrected chi connectivity index (χ1v) is 15.4. The fraction of sp³-hybridized carbons (Fsp3) is 0.235. The van der Waals surface area contributed by atoms with E-state index in [2.05, 4.69) is 122 Å². The smallest absolute Gasteiger partial charge is 0.164 e. The van der Waals surface area contributed by atoms with E-state index in [9.17, 15) is 0 Å². The molecule has 42 heavy (non-hydrogen) atoms. The summed E-state index contributed by atoms with van der Waals surface area (Å²) in [6, 6.07) is 31.1. The summed E-state index contributed by atoms with van der Waals surface area (Å²) in [5, 5.41) is 1.27. The Morgan fingerprint density at radius 2 is 1.45 bits per heavy atom. The molecule has 0 radical (unpaired) electrons. The van der Waals surface area contributed by atoms with Gasteiger partial charge in [-0.3, -0.25) is 0 Å². The number of aromatic nitrogens is 3. The maximum atomic E-state index is 7.18. The van der Waals surface area contributed by atoms with Crippen molar-refractivity contribution in [2.75, 3.05) is 6.61 Å². The third-order valence-electron chi connectivity index (χ3n) is 8.05. The molecule has 1 unspecified atom stereocenters. The van der Waals surface area contributed by atoms with E-state index in [0.29, 0.717) is 11.8 Å². The molecule has 1 aliphatic heterocycles. The molecule has 8 heteroatoms. The molecule has 6 nitrogen and oxygen atoms in total. The average Bonchev–Trinajstić information content (AvgIpc) is 3.63. The Labute approximate surface area is 263 Å². The fourth-order valence-electron chi connectivity index (χ4n) is 6.30. The van der Waals surface area contributed by atoms with Crippen LogP contribution < -0.4 is 0 Å². The highest BCUT2D eigenvalue weighted by molar-refractivity contribution is 14.1. The number of rotatable bonds is 7. The number of ether oxygens (including phenoxy) is 3. The molecule has 0 bridgehead atoms.